The number of nitrogens with zero attached hydrogens (tertiary/aromatic N) is 1. The highest BCUT2D eigenvalue weighted by Crippen LogP contribution is 2.12. The zero-order valence-corrected chi connectivity index (χ0v) is 12.0. The number of hydrogen-bond donors (Lipinski definition) is 2. The topological polar surface area (TPSA) is 35.5 Å². The van der Waals surface area contributed by atoms with Crippen LogP contribution < -0.4 is 5.32 Å². The fraction of sp³-hybridized carbons (Fsp3) is 1.00. The highest BCUT2D eigenvalue weighted by atomic mass is 16.3. The predicted octanol–water partition coefficient (Wildman–Crippen LogP) is 1.71. The first-order valence-electron chi connectivity index (χ1n) is 6.31. The summed E-state index contributed by atoms with van der Waals surface area (Å²) in [5.41, 5.74) is -0.665. The molecule has 0 saturated heterocycles. The van der Waals surface area contributed by atoms with Crippen LogP contribution in [-0.4, -0.2) is 47.8 Å². The minimum atomic E-state index is -0.665. The molecule has 0 aliphatic carbocycles. The van der Waals surface area contributed by atoms with Crippen LogP contribution in [0.15, 0.2) is 0 Å². The third kappa shape index (κ3) is 6.46. The zero-order chi connectivity index (χ0) is 12.9. The molecule has 0 spiro atoms. The van der Waals surface area contributed by atoms with Crippen molar-refractivity contribution in [2.75, 3.05) is 20.1 Å². The molecule has 0 saturated carbocycles. The van der Waals surface area contributed by atoms with Crippen LogP contribution in [0.2, 0.25) is 0 Å². The third-order valence-corrected chi connectivity index (χ3v) is 3.14. The molecule has 16 heavy (non-hydrogen) atoms. The average molecular weight is 230 g/mol. The number of rotatable bonds is 7. The Bertz CT molecular complexity index is 190. The van der Waals surface area contributed by atoms with Gasteiger partial charge >= 0.3 is 0 Å². The Morgan fingerprint density at radius 1 is 1.19 bits per heavy atom. The van der Waals surface area contributed by atoms with Gasteiger partial charge in [0.25, 0.3) is 0 Å². The molecule has 0 heterocycles. The summed E-state index contributed by atoms with van der Waals surface area (Å²) in [7, 11) is 2.08. The molecule has 0 bridgehead atoms. The SMILES string of the molecule is CC(C)NCC(C)(O)CN(C)C(C)C(C)C. The van der Waals surface area contributed by atoms with Crippen molar-refractivity contribution in [3.8, 4) is 0 Å². The third-order valence-electron chi connectivity index (χ3n) is 3.14. The summed E-state index contributed by atoms with van der Waals surface area (Å²) in [4.78, 5) is 2.23. The van der Waals surface area contributed by atoms with Crippen LogP contribution in [0.25, 0.3) is 0 Å². The van der Waals surface area contributed by atoms with Crippen LogP contribution in [0.4, 0.5) is 0 Å². The van der Waals surface area contributed by atoms with Gasteiger partial charge in [0.15, 0.2) is 0 Å². The maximum absolute atomic E-state index is 10.3. The van der Waals surface area contributed by atoms with Crippen LogP contribution in [0.3, 0.4) is 0 Å². The van der Waals surface area contributed by atoms with Crippen molar-refractivity contribution in [3.05, 3.63) is 0 Å². The van der Waals surface area contributed by atoms with Crippen molar-refractivity contribution in [3.63, 3.8) is 0 Å². The monoisotopic (exact) mass is 230 g/mol. The molecule has 0 radical (unpaired) electrons. The van der Waals surface area contributed by atoms with Gasteiger partial charge in [-0.15, -0.1) is 0 Å². The zero-order valence-electron chi connectivity index (χ0n) is 12.0. The van der Waals surface area contributed by atoms with E-state index >= 15 is 0 Å². The molecule has 0 aliphatic rings. The van der Waals surface area contributed by atoms with Gasteiger partial charge in [0.1, 0.15) is 0 Å². The highest BCUT2D eigenvalue weighted by molar-refractivity contribution is 4.82. The second-order valence-electron chi connectivity index (χ2n) is 5.93. The lowest BCUT2D eigenvalue weighted by atomic mass is 10.0. The van der Waals surface area contributed by atoms with E-state index in [0.717, 1.165) is 0 Å². The van der Waals surface area contributed by atoms with E-state index in [9.17, 15) is 5.11 Å². The summed E-state index contributed by atoms with van der Waals surface area (Å²) in [5, 5.41) is 13.5. The number of nitrogens with one attached hydrogen (secondary N) is 1. The molecule has 0 amide bonds. The van der Waals surface area contributed by atoms with Crippen molar-refractivity contribution in [1.82, 2.24) is 10.2 Å². The fourth-order valence-corrected chi connectivity index (χ4v) is 1.67. The molecule has 2 unspecified atom stereocenters. The van der Waals surface area contributed by atoms with Gasteiger partial charge in [0, 0.05) is 25.2 Å². The molecular weight excluding hydrogens is 200 g/mol. The van der Waals surface area contributed by atoms with Gasteiger partial charge < -0.3 is 15.3 Å². The summed E-state index contributed by atoms with van der Waals surface area (Å²) in [6.07, 6.45) is 0. The Kier molecular flexibility index (Phi) is 6.53. The van der Waals surface area contributed by atoms with E-state index in [0.29, 0.717) is 31.1 Å². The molecule has 0 aliphatic heterocycles. The molecule has 2 N–H and O–H groups in total. The maximum Gasteiger partial charge on any atom is 0.0869 e. The van der Waals surface area contributed by atoms with Gasteiger partial charge in [-0.05, 0) is 26.8 Å². The van der Waals surface area contributed by atoms with Crippen molar-refractivity contribution in [2.24, 2.45) is 5.92 Å². The molecule has 2 atom stereocenters. The van der Waals surface area contributed by atoms with Crippen LogP contribution >= 0.6 is 0 Å². The average Bonchev–Trinajstić information content (AvgIpc) is 2.12. The van der Waals surface area contributed by atoms with E-state index in [-0.39, 0.29) is 0 Å². The predicted molar refractivity (Wildman–Crippen MR) is 70.7 cm³/mol. The number of likely N-dealkylation sites (N-methyl/N-ethyl adjacent to an activating group) is 1. The van der Waals surface area contributed by atoms with Gasteiger partial charge in [0.2, 0.25) is 0 Å². The molecule has 0 aromatic heterocycles. The minimum Gasteiger partial charge on any atom is -0.388 e. The van der Waals surface area contributed by atoms with Gasteiger partial charge in [-0.1, -0.05) is 27.7 Å². The largest absolute Gasteiger partial charge is 0.388 e. The molecule has 3 heteroatoms. The second-order valence-corrected chi connectivity index (χ2v) is 5.93. The lowest BCUT2D eigenvalue weighted by molar-refractivity contribution is 0.0109. The van der Waals surface area contributed by atoms with Crippen molar-refractivity contribution < 1.29 is 5.11 Å². The van der Waals surface area contributed by atoms with E-state index in [4.69, 9.17) is 0 Å². The van der Waals surface area contributed by atoms with E-state index < -0.39 is 5.60 Å². The smallest absolute Gasteiger partial charge is 0.0869 e. The quantitative estimate of drug-likeness (QED) is 0.699. The van der Waals surface area contributed by atoms with Crippen LogP contribution in [0, 0.1) is 5.92 Å². The Balaban J connectivity index is 4.13. The maximum atomic E-state index is 10.3. The molecule has 3 nitrogen and oxygen atoms in total. The normalized spacial score (nSPS) is 18.2. The van der Waals surface area contributed by atoms with E-state index in [1.165, 1.54) is 0 Å². The summed E-state index contributed by atoms with van der Waals surface area (Å²) in [6, 6.07) is 0.907. The molecule has 0 aromatic rings. The Morgan fingerprint density at radius 3 is 2.06 bits per heavy atom. The van der Waals surface area contributed by atoms with Crippen LogP contribution in [0.1, 0.15) is 41.5 Å². The Labute approximate surface area is 101 Å². The Morgan fingerprint density at radius 2 is 1.69 bits per heavy atom. The van der Waals surface area contributed by atoms with Gasteiger partial charge in [-0.2, -0.15) is 0 Å². The number of hydrogen-bond acceptors (Lipinski definition) is 3. The lowest BCUT2D eigenvalue weighted by Gasteiger charge is -2.35. The first-order chi connectivity index (χ1) is 7.15. The summed E-state index contributed by atoms with van der Waals surface area (Å²) in [5.74, 6) is 0.610. The molecule has 98 valence electrons. The van der Waals surface area contributed by atoms with E-state index in [1.54, 1.807) is 0 Å². The summed E-state index contributed by atoms with van der Waals surface area (Å²) < 4.78 is 0. The van der Waals surface area contributed by atoms with Gasteiger partial charge in [-0.3, -0.25) is 0 Å². The minimum absolute atomic E-state index is 0.416. The summed E-state index contributed by atoms with van der Waals surface area (Å²) >= 11 is 0. The standard InChI is InChI=1S/C13H30N2O/c1-10(2)12(5)15(7)9-13(6,16)8-14-11(3)4/h10-12,14,16H,8-9H2,1-7H3. The first-order valence-corrected chi connectivity index (χ1v) is 6.31. The Hall–Kier alpha value is -0.120. The fourth-order valence-electron chi connectivity index (χ4n) is 1.67. The van der Waals surface area contributed by atoms with E-state index in [1.807, 2.05) is 6.92 Å². The summed E-state index contributed by atoms with van der Waals surface area (Å²) in [6.45, 7) is 14.0. The molecule has 0 fully saturated rings. The van der Waals surface area contributed by atoms with Crippen molar-refractivity contribution in [1.29, 1.82) is 0 Å². The van der Waals surface area contributed by atoms with Gasteiger partial charge in [0.05, 0.1) is 5.60 Å². The molecule has 0 rings (SSSR count). The van der Waals surface area contributed by atoms with Crippen LogP contribution in [-0.2, 0) is 0 Å². The second kappa shape index (κ2) is 6.58. The van der Waals surface area contributed by atoms with Crippen molar-refractivity contribution >= 4 is 0 Å². The van der Waals surface area contributed by atoms with Crippen molar-refractivity contribution in [2.45, 2.75) is 59.2 Å². The number of aliphatic hydroxyl groups is 1. The van der Waals surface area contributed by atoms with Gasteiger partial charge in [-0.25, -0.2) is 0 Å². The highest BCUT2D eigenvalue weighted by Gasteiger charge is 2.25. The first kappa shape index (κ1) is 15.9. The van der Waals surface area contributed by atoms with Crippen LogP contribution in [0.5, 0.6) is 0 Å². The lowest BCUT2D eigenvalue weighted by Crippen LogP contribution is -2.50. The molecular formula is C13H30N2O. The van der Waals surface area contributed by atoms with E-state index in [2.05, 4.69) is 51.9 Å². The molecule has 0 aromatic carbocycles.